The van der Waals surface area contributed by atoms with Crippen LogP contribution in [-0.4, -0.2) is 12.0 Å². The average Bonchev–Trinajstić information content (AvgIpc) is 3.07. The first-order valence-electron chi connectivity index (χ1n) is 11.2. The summed E-state index contributed by atoms with van der Waals surface area (Å²) in [5.74, 6) is 3.99. The number of nitrogens with one attached hydrogen (secondary N) is 1. The zero-order valence-corrected chi connectivity index (χ0v) is 18.2. The molecule has 6 atom stereocenters. The van der Waals surface area contributed by atoms with Crippen LogP contribution in [-0.2, 0) is 4.79 Å². The second-order valence-corrected chi connectivity index (χ2v) is 8.72. The van der Waals surface area contributed by atoms with Crippen LogP contribution in [0.1, 0.15) is 65.7 Å². The molecule has 0 spiro atoms. The molecule has 4 aliphatic carbocycles. The number of hydrogen-bond donors (Lipinski definition) is 1. The van der Waals surface area contributed by atoms with Gasteiger partial charge in [-0.3, -0.25) is 4.79 Å². The Balaban J connectivity index is 0.000000419. The zero-order chi connectivity index (χ0) is 20.9. The van der Waals surface area contributed by atoms with E-state index in [0.29, 0.717) is 17.6 Å². The van der Waals surface area contributed by atoms with Crippen molar-refractivity contribution >= 4 is 12.0 Å². The summed E-state index contributed by atoms with van der Waals surface area (Å²) in [5.41, 5.74) is 4.01. The Kier molecular flexibility index (Phi) is 7.80. The summed E-state index contributed by atoms with van der Waals surface area (Å²) >= 11 is 0. The number of fused-ring (bicyclic) bond motifs is 5. The average molecular weight is 382 g/mol. The third kappa shape index (κ3) is 3.88. The molecule has 6 unspecified atom stereocenters. The molecular weight excluding hydrogens is 342 g/mol. The van der Waals surface area contributed by atoms with Crippen LogP contribution in [0.2, 0.25) is 0 Å². The van der Waals surface area contributed by atoms with E-state index in [1.807, 2.05) is 13.8 Å². The molecular formula is C26H39NO. The normalized spacial score (nSPS) is 38.1. The number of carbonyl (C=O) groups is 1. The minimum absolute atomic E-state index is 0.407. The standard InChI is InChI=1S/C21H29N.C3H4O.C2H6/c1-4-21-10-9-17-16-7-6-15(22)12-18(16)13(2)11-19(17)20(21)8-5-14(21)3;1-2-3-4;1-2/h4,12,14,16-17,19-20,22H,1-2,5-11H2,3H3;2-3H,1H2;1-2H3. The van der Waals surface area contributed by atoms with Crippen molar-refractivity contribution in [2.45, 2.75) is 65.7 Å². The second kappa shape index (κ2) is 9.67. The Bertz CT molecular complexity index is 651. The lowest BCUT2D eigenvalue weighted by atomic mass is 9.50. The van der Waals surface area contributed by atoms with Crippen LogP contribution in [0.5, 0.6) is 0 Å². The summed E-state index contributed by atoms with van der Waals surface area (Å²) in [6.07, 6.45) is 15.1. The first kappa shape index (κ1) is 22.6. The molecule has 154 valence electrons. The highest BCUT2D eigenvalue weighted by molar-refractivity contribution is 5.94. The number of aldehydes is 1. The van der Waals surface area contributed by atoms with Crippen molar-refractivity contribution in [3.05, 3.63) is 49.1 Å². The van der Waals surface area contributed by atoms with Gasteiger partial charge in [0, 0.05) is 5.71 Å². The van der Waals surface area contributed by atoms with E-state index in [2.05, 4.69) is 38.8 Å². The van der Waals surface area contributed by atoms with Crippen molar-refractivity contribution in [1.29, 1.82) is 5.41 Å². The van der Waals surface area contributed by atoms with Gasteiger partial charge in [0.05, 0.1) is 0 Å². The maximum Gasteiger partial charge on any atom is 0.142 e. The summed E-state index contributed by atoms with van der Waals surface area (Å²) in [7, 11) is 0. The molecule has 3 saturated carbocycles. The topological polar surface area (TPSA) is 40.9 Å². The number of rotatable bonds is 2. The van der Waals surface area contributed by atoms with Crippen LogP contribution in [0.3, 0.4) is 0 Å². The van der Waals surface area contributed by atoms with Crippen molar-refractivity contribution < 1.29 is 4.79 Å². The van der Waals surface area contributed by atoms with Crippen molar-refractivity contribution in [3.63, 3.8) is 0 Å². The fourth-order valence-corrected chi connectivity index (χ4v) is 6.60. The van der Waals surface area contributed by atoms with E-state index in [4.69, 9.17) is 10.2 Å². The van der Waals surface area contributed by atoms with E-state index in [-0.39, 0.29) is 0 Å². The van der Waals surface area contributed by atoms with Gasteiger partial charge in [0.2, 0.25) is 0 Å². The molecule has 28 heavy (non-hydrogen) atoms. The zero-order valence-electron chi connectivity index (χ0n) is 18.2. The quantitative estimate of drug-likeness (QED) is 0.314. The number of allylic oxidation sites excluding steroid dienone is 5. The highest BCUT2D eigenvalue weighted by Gasteiger charge is 2.56. The highest BCUT2D eigenvalue weighted by atomic mass is 16.1. The number of hydrogen-bond acceptors (Lipinski definition) is 2. The van der Waals surface area contributed by atoms with Crippen LogP contribution in [0.15, 0.2) is 49.1 Å². The summed E-state index contributed by atoms with van der Waals surface area (Å²) in [5, 5.41) is 8.01. The lowest BCUT2D eigenvalue weighted by Crippen LogP contribution is -2.46. The minimum Gasteiger partial charge on any atom is -0.305 e. The molecule has 0 bridgehead atoms. The SMILES string of the molecule is C=CC12CCC3C4CCC(=N)C=C4C(=C)CC3C1CCC2C.C=CC=O.CC. The van der Waals surface area contributed by atoms with Gasteiger partial charge in [-0.1, -0.05) is 45.6 Å². The molecule has 0 aromatic rings. The maximum atomic E-state index is 9.06. The smallest absolute Gasteiger partial charge is 0.142 e. The lowest BCUT2D eigenvalue weighted by molar-refractivity contribution is -0.104. The lowest BCUT2D eigenvalue weighted by Gasteiger charge is -2.54. The van der Waals surface area contributed by atoms with E-state index < -0.39 is 0 Å². The van der Waals surface area contributed by atoms with Crippen molar-refractivity contribution in [3.8, 4) is 0 Å². The fourth-order valence-electron chi connectivity index (χ4n) is 6.60. The Morgan fingerprint density at radius 1 is 1.14 bits per heavy atom. The Hall–Kier alpha value is -1.70. The molecule has 0 heterocycles. The molecule has 3 fully saturated rings. The molecule has 2 nitrogen and oxygen atoms in total. The van der Waals surface area contributed by atoms with Crippen molar-refractivity contribution in [1.82, 2.24) is 0 Å². The van der Waals surface area contributed by atoms with Gasteiger partial charge in [0.15, 0.2) is 0 Å². The van der Waals surface area contributed by atoms with Gasteiger partial charge in [0.25, 0.3) is 0 Å². The molecule has 0 aliphatic heterocycles. The molecule has 0 aromatic carbocycles. The van der Waals surface area contributed by atoms with Gasteiger partial charge in [-0.05, 0) is 97.7 Å². The Labute approximate surface area is 172 Å². The Morgan fingerprint density at radius 2 is 1.82 bits per heavy atom. The first-order chi connectivity index (χ1) is 13.5. The van der Waals surface area contributed by atoms with E-state index in [9.17, 15) is 0 Å². The van der Waals surface area contributed by atoms with E-state index in [1.54, 1.807) is 0 Å². The fraction of sp³-hybridized carbons (Fsp3) is 0.615. The predicted molar refractivity (Wildman–Crippen MR) is 121 cm³/mol. The van der Waals surface area contributed by atoms with Gasteiger partial charge >= 0.3 is 0 Å². The maximum absolute atomic E-state index is 9.06. The van der Waals surface area contributed by atoms with Crippen molar-refractivity contribution in [2.75, 3.05) is 0 Å². The highest BCUT2D eigenvalue weighted by Crippen LogP contribution is 2.64. The van der Waals surface area contributed by atoms with Gasteiger partial charge in [-0.2, -0.15) is 0 Å². The van der Waals surface area contributed by atoms with Gasteiger partial charge < -0.3 is 5.41 Å². The van der Waals surface area contributed by atoms with Crippen LogP contribution in [0, 0.1) is 40.4 Å². The van der Waals surface area contributed by atoms with Crippen LogP contribution in [0.25, 0.3) is 0 Å². The molecule has 2 heteroatoms. The Morgan fingerprint density at radius 3 is 2.43 bits per heavy atom. The molecule has 0 aromatic heterocycles. The van der Waals surface area contributed by atoms with Crippen LogP contribution >= 0.6 is 0 Å². The first-order valence-corrected chi connectivity index (χ1v) is 11.2. The molecule has 0 amide bonds. The third-order valence-corrected chi connectivity index (χ3v) is 7.83. The van der Waals surface area contributed by atoms with E-state index >= 15 is 0 Å². The summed E-state index contributed by atoms with van der Waals surface area (Å²) in [6, 6.07) is 0. The van der Waals surface area contributed by atoms with Gasteiger partial charge in [-0.15, -0.1) is 6.58 Å². The molecule has 0 saturated heterocycles. The number of carbonyl (C=O) groups excluding carboxylic acids is 1. The van der Waals surface area contributed by atoms with Gasteiger partial charge in [0.1, 0.15) is 6.29 Å². The van der Waals surface area contributed by atoms with Gasteiger partial charge in [-0.25, -0.2) is 0 Å². The van der Waals surface area contributed by atoms with Crippen molar-refractivity contribution in [2.24, 2.45) is 35.0 Å². The molecule has 0 radical (unpaired) electrons. The summed E-state index contributed by atoms with van der Waals surface area (Å²) < 4.78 is 0. The predicted octanol–water partition coefficient (Wildman–Crippen LogP) is 6.94. The molecule has 4 aliphatic rings. The van der Waals surface area contributed by atoms with Crippen LogP contribution in [0.4, 0.5) is 0 Å². The largest absolute Gasteiger partial charge is 0.305 e. The summed E-state index contributed by atoms with van der Waals surface area (Å²) in [6.45, 7) is 18.2. The monoisotopic (exact) mass is 381 g/mol. The second-order valence-electron chi connectivity index (χ2n) is 8.72. The molecule has 4 rings (SSSR count). The minimum atomic E-state index is 0.407. The van der Waals surface area contributed by atoms with E-state index in [0.717, 1.165) is 35.8 Å². The molecule has 1 N–H and O–H groups in total. The van der Waals surface area contributed by atoms with E-state index in [1.165, 1.54) is 55.7 Å². The summed E-state index contributed by atoms with van der Waals surface area (Å²) in [4.78, 5) is 9.06. The third-order valence-electron chi connectivity index (χ3n) is 7.83. The van der Waals surface area contributed by atoms with Crippen LogP contribution < -0.4 is 0 Å².